The third kappa shape index (κ3) is 5.02. The third-order valence-corrected chi connectivity index (χ3v) is 6.27. The highest BCUT2D eigenvalue weighted by Gasteiger charge is 2.20. The lowest BCUT2D eigenvalue weighted by molar-refractivity contribution is -0.113. The zero-order valence-corrected chi connectivity index (χ0v) is 20.6. The lowest BCUT2D eigenvalue weighted by atomic mass is 10.1. The molecule has 0 radical (unpaired) electrons. The van der Waals surface area contributed by atoms with Gasteiger partial charge in [0.2, 0.25) is 5.91 Å². The Labute approximate surface area is 206 Å². The molecule has 0 aliphatic carbocycles. The molecule has 0 bridgehead atoms. The highest BCUT2D eigenvalue weighted by molar-refractivity contribution is 7.99. The van der Waals surface area contributed by atoms with Crippen LogP contribution in [0.1, 0.15) is 0 Å². The van der Waals surface area contributed by atoms with Crippen LogP contribution in [-0.2, 0) is 18.9 Å². The molecule has 0 aliphatic rings. The molecule has 4 rings (SSSR count). The number of nitrogens with one attached hydrogen (secondary N) is 1. The SMILES string of the molecule is COc1cccc(-c2nn(C)cc2-c2nnc(SCC(=O)Nc3cc(Cl)ccc3OC)n2C)c1. The summed E-state index contributed by atoms with van der Waals surface area (Å²) < 4.78 is 14.2. The number of anilines is 1. The predicted octanol–water partition coefficient (Wildman–Crippen LogP) is 4.28. The number of benzene rings is 2. The first-order valence-corrected chi connectivity index (χ1v) is 11.6. The van der Waals surface area contributed by atoms with Crippen molar-refractivity contribution >= 4 is 35.0 Å². The molecule has 2 aromatic heterocycles. The van der Waals surface area contributed by atoms with Crippen LogP contribution in [0.25, 0.3) is 22.6 Å². The van der Waals surface area contributed by atoms with Gasteiger partial charge in [0.15, 0.2) is 11.0 Å². The van der Waals surface area contributed by atoms with E-state index in [-0.39, 0.29) is 11.7 Å². The minimum Gasteiger partial charge on any atom is -0.497 e. The summed E-state index contributed by atoms with van der Waals surface area (Å²) in [6, 6.07) is 12.7. The van der Waals surface area contributed by atoms with Crippen LogP contribution in [-0.4, -0.2) is 50.4 Å². The van der Waals surface area contributed by atoms with E-state index < -0.39 is 0 Å². The molecule has 176 valence electrons. The van der Waals surface area contributed by atoms with Crippen molar-refractivity contribution in [2.75, 3.05) is 25.3 Å². The highest BCUT2D eigenvalue weighted by atomic mass is 35.5. The number of aromatic nitrogens is 5. The smallest absolute Gasteiger partial charge is 0.234 e. The maximum absolute atomic E-state index is 12.5. The Morgan fingerprint density at radius 3 is 2.71 bits per heavy atom. The molecule has 2 aromatic carbocycles. The number of rotatable bonds is 8. The standard InChI is InChI=1S/C23H23ClN6O3S/c1-29-12-17(21(28-29)14-6-5-7-16(10-14)32-3)22-26-27-23(30(22)2)34-13-20(31)25-18-11-15(24)8-9-19(18)33-4/h5-12H,13H2,1-4H3,(H,25,31). The average molecular weight is 499 g/mol. The summed E-state index contributed by atoms with van der Waals surface area (Å²) in [5.41, 5.74) is 3.00. The maximum Gasteiger partial charge on any atom is 0.234 e. The lowest BCUT2D eigenvalue weighted by Gasteiger charge is -2.10. The van der Waals surface area contributed by atoms with Crippen molar-refractivity contribution in [1.82, 2.24) is 24.5 Å². The number of carbonyl (C=O) groups is 1. The fraction of sp³-hybridized carbons (Fsp3) is 0.217. The molecular formula is C23H23ClN6O3S. The number of hydrogen-bond acceptors (Lipinski definition) is 7. The van der Waals surface area contributed by atoms with Gasteiger partial charge >= 0.3 is 0 Å². The fourth-order valence-electron chi connectivity index (χ4n) is 3.41. The van der Waals surface area contributed by atoms with E-state index in [2.05, 4.69) is 20.6 Å². The van der Waals surface area contributed by atoms with Crippen molar-refractivity contribution in [1.29, 1.82) is 0 Å². The van der Waals surface area contributed by atoms with E-state index in [1.165, 1.54) is 18.9 Å². The lowest BCUT2D eigenvalue weighted by Crippen LogP contribution is -2.15. The summed E-state index contributed by atoms with van der Waals surface area (Å²) in [4.78, 5) is 12.5. The van der Waals surface area contributed by atoms with Gasteiger partial charge in [-0.3, -0.25) is 9.48 Å². The molecule has 1 N–H and O–H groups in total. The molecule has 9 nitrogen and oxygen atoms in total. The van der Waals surface area contributed by atoms with Gasteiger partial charge < -0.3 is 19.4 Å². The minimum atomic E-state index is -0.214. The predicted molar refractivity (Wildman–Crippen MR) is 133 cm³/mol. The van der Waals surface area contributed by atoms with Crippen molar-refractivity contribution < 1.29 is 14.3 Å². The molecule has 34 heavy (non-hydrogen) atoms. The Hall–Kier alpha value is -3.50. The van der Waals surface area contributed by atoms with E-state index in [0.717, 1.165) is 22.6 Å². The Bertz CT molecular complexity index is 1340. The quantitative estimate of drug-likeness (QED) is 0.362. The Balaban J connectivity index is 1.52. The molecule has 0 saturated carbocycles. The van der Waals surface area contributed by atoms with Gasteiger partial charge in [0.25, 0.3) is 0 Å². The van der Waals surface area contributed by atoms with Crippen LogP contribution in [0.5, 0.6) is 11.5 Å². The molecule has 0 spiro atoms. The van der Waals surface area contributed by atoms with Crippen molar-refractivity contribution in [2.24, 2.45) is 14.1 Å². The summed E-state index contributed by atoms with van der Waals surface area (Å²) in [7, 11) is 6.88. The van der Waals surface area contributed by atoms with Crippen LogP contribution >= 0.6 is 23.4 Å². The molecule has 0 aliphatic heterocycles. The first-order chi connectivity index (χ1) is 16.4. The maximum atomic E-state index is 12.5. The highest BCUT2D eigenvalue weighted by Crippen LogP contribution is 2.33. The van der Waals surface area contributed by atoms with Crippen molar-refractivity contribution in [3.8, 4) is 34.1 Å². The van der Waals surface area contributed by atoms with E-state index in [1.54, 1.807) is 30.0 Å². The van der Waals surface area contributed by atoms with Crippen LogP contribution in [0.2, 0.25) is 5.02 Å². The molecule has 1 amide bonds. The van der Waals surface area contributed by atoms with Gasteiger partial charge in [-0.05, 0) is 30.3 Å². The molecule has 0 unspecified atom stereocenters. The van der Waals surface area contributed by atoms with Gasteiger partial charge in [0, 0.05) is 30.9 Å². The van der Waals surface area contributed by atoms with Gasteiger partial charge in [-0.15, -0.1) is 10.2 Å². The minimum absolute atomic E-state index is 0.136. The first kappa shape index (κ1) is 23.7. The first-order valence-electron chi connectivity index (χ1n) is 10.2. The van der Waals surface area contributed by atoms with E-state index in [4.69, 9.17) is 21.1 Å². The molecule has 0 saturated heterocycles. The number of ether oxygens (including phenoxy) is 2. The Morgan fingerprint density at radius 2 is 1.94 bits per heavy atom. The number of amides is 1. The molecule has 11 heteroatoms. The van der Waals surface area contributed by atoms with Crippen LogP contribution < -0.4 is 14.8 Å². The number of halogens is 1. The third-order valence-electron chi connectivity index (χ3n) is 5.02. The topological polar surface area (TPSA) is 96.1 Å². The average Bonchev–Trinajstić information content (AvgIpc) is 3.39. The number of aryl methyl sites for hydroxylation is 1. The number of methoxy groups -OCH3 is 2. The van der Waals surface area contributed by atoms with Crippen molar-refractivity contribution in [3.05, 3.63) is 53.7 Å². The van der Waals surface area contributed by atoms with Crippen LogP contribution in [0, 0.1) is 0 Å². The van der Waals surface area contributed by atoms with Crippen molar-refractivity contribution in [3.63, 3.8) is 0 Å². The van der Waals surface area contributed by atoms with Gasteiger partial charge in [-0.25, -0.2) is 0 Å². The fourth-order valence-corrected chi connectivity index (χ4v) is 4.29. The zero-order chi connectivity index (χ0) is 24.2. The number of carbonyl (C=O) groups excluding carboxylic acids is 1. The largest absolute Gasteiger partial charge is 0.497 e. The van der Waals surface area contributed by atoms with Gasteiger partial charge in [0.1, 0.15) is 17.2 Å². The van der Waals surface area contributed by atoms with Gasteiger partial charge in [0.05, 0.1) is 31.2 Å². The molecular weight excluding hydrogens is 476 g/mol. The van der Waals surface area contributed by atoms with Crippen LogP contribution in [0.3, 0.4) is 0 Å². The summed E-state index contributed by atoms with van der Waals surface area (Å²) in [5, 5.41) is 17.2. The summed E-state index contributed by atoms with van der Waals surface area (Å²) in [6.07, 6.45) is 1.89. The van der Waals surface area contributed by atoms with Crippen LogP contribution in [0.15, 0.2) is 53.8 Å². The molecule has 4 aromatic rings. The number of nitrogens with zero attached hydrogens (tertiary/aromatic N) is 5. The summed E-state index contributed by atoms with van der Waals surface area (Å²) in [5.74, 6) is 1.84. The van der Waals surface area contributed by atoms with E-state index in [1.807, 2.05) is 49.1 Å². The molecule has 0 atom stereocenters. The second kappa shape index (κ2) is 10.2. The van der Waals surface area contributed by atoms with Gasteiger partial charge in [-0.1, -0.05) is 35.5 Å². The second-order valence-electron chi connectivity index (χ2n) is 7.34. The molecule has 2 heterocycles. The van der Waals surface area contributed by atoms with E-state index in [0.29, 0.717) is 27.4 Å². The van der Waals surface area contributed by atoms with Crippen LogP contribution in [0.4, 0.5) is 5.69 Å². The number of hydrogen-bond donors (Lipinski definition) is 1. The van der Waals surface area contributed by atoms with Crippen molar-refractivity contribution in [2.45, 2.75) is 5.16 Å². The van der Waals surface area contributed by atoms with E-state index in [9.17, 15) is 4.79 Å². The van der Waals surface area contributed by atoms with E-state index >= 15 is 0 Å². The summed E-state index contributed by atoms with van der Waals surface area (Å²) >= 11 is 7.32. The summed E-state index contributed by atoms with van der Waals surface area (Å²) in [6.45, 7) is 0. The normalized spacial score (nSPS) is 10.9. The second-order valence-corrected chi connectivity index (χ2v) is 8.72. The monoisotopic (exact) mass is 498 g/mol. The molecule has 0 fully saturated rings. The zero-order valence-electron chi connectivity index (χ0n) is 19.1. The Kier molecular flexibility index (Phi) is 7.09. The van der Waals surface area contributed by atoms with Gasteiger partial charge in [-0.2, -0.15) is 5.10 Å². The Morgan fingerprint density at radius 1 is 1.12 bits per heavy atom. The number of thioether (sulfide) groups is 1.